The van der Waals surface area contributed by atoms with Gasteiger partial charge in [-0.3, -0.25) is 14.9 Å². The van der Waals surface area contributed by atoms with Gasteiger partial charge in [0.1, 0.15) is 5.60 Å². The Labute approximate surface area is 147 Å². The molecule has 1 aromatic carbocycles. The van der Waals surface area contributed by atoms with Gasteiger partial charge < -0.3 is 14.5 Å². The van der Waals surface area contributed by atoms with Gasteiger partial charge in [0.05, 0.1) is 4.92 Å². The van der Waals surface area contributed by atoms with Crippen molar-refractivity contribution in [1.82, 2.24) is 9.80 Å². The summed E-state index contributed by atoms with van der Waals surface area (Å²) in [5.74, 6) is -0.302. The summed E-state index contributed by atoms with van der Waals surface area (Å²) >= 11 is 0. The third-order valence-corrected chi connectivity index (χ3v) is 3.34. The van der Waals surface area contributed by atoms with Gasteiger partial charge in [0.15, 0.2) is 0 Å². The molecule has 0 heterocycles. The summed E-state index contributed by atoms with van der Waals surface area (Å²) in [5, 5.41) is 10.8. The first-order chi connectivity index (χ1) is 11.5. The van der Waals surface area contributed by atoms with Crippen molar-refractivity contribution in [2.24, 2.45) is 0 Å². The van der Waals surface area contributed by atoms with Crippen molar-refractivity contribution in [3.63, 3.8) is 0 Å². The predicted molar refractivity (Wildman–Crippen MR) is 93.5 cm³/mol. The molecule has 0 spiro atoms. The predicted octanol–water partition coefficient (Wildman–Crippen LogP) is 2.92. The third kappa shape index (κ3) is 6.78. The molecular weight excluding hydrogens is 326 g/mol. The summed E-state index contributed by atoms with van der Waals surface area (Å²) < 4.78 is 5.25. The number of nitro benzene ring substituents is 1. The van der Waals surface area contributed by atoms with Crippen molar-refractivity contribution >= 4 is 17.7 Å². The SMILES string of the molecule is CN(CCCN(C)C(=O)c1cccc([N+](=O)[O-])c1)C(=O)OC(C)(C)C. The largest absolute Gasteiger partial charge is 0.444 e. The minimum atomic E-state index is -0.555. The molecule has 138 valence electrons. The minimum Gasteiger partial charge on any atom is -0.444 e. The van der Waals surface area contributed by atoms with Crippen LogP contribution in [0, 0.1) is 10.1 Å². The molecule has 0 unspecified atom stereocenters. The van der Waals surface area contributed by atoms with Gasteiger partial charge >= 0.3 is 6.09 Å². The lowest BCUT2D eigenvalue weighted by Crippen LogP contribution is -2.36. The second-order valence-corrected chi connectivity index (χ2v) is 6.79. The summed E-state index contributed by atoms with van der Waals surface area (Å²) in [5.41, 5.74) is -0.416. The summed E-state index contributed by atoms with van der Waals surface area (Å²) in [6.07, 6.45) is 0.146. The number of benzene rings is 1. The molecule has 1 rings (SSSR count). The smallest absolute Gasteiger partial charge is 0.410 e. The van der Waals surface area contributed by atoms with Crippen molar-refractivity contribution in [1.29, 1.82) is 0 Å². The number of amides is 2. The normalized spacial score (nSPS) is 10.9. The molecule has 8 nitrogen and oxygen atoms in total. The summed E-state index contributed by atoms with van der Waals surface area (Å²) in [6.45, 7) is 6.23. The molecular formula is C17H25N3O5. The van der Waals surface area contributed by atoms with Gasteiger partial charge in [-0.05, 0) is 33.3 Å². The van der Waals surface area contributed by atoms with E-state index < -0.39 is 16.6 Å². The highest BCUT2D eigenvalue weighted by atomic mass is 16.6. The van der Waals surface area contributed by atoms with E-state index in [9.17, 15) is 19.7 Å². The fourth-order valence-corrected chi connectivity index (χ4v) is 2.05. The van der Waals surface area contributed by atoms with E-state index in [-0.39, 0.29) is 17.2 Å². The van der Waals surface area contributed by atoms with Crippen LogP contribution < -0.4 is 0 Å². The number of ether oxygens (including phenoxy) is 1. The van der Waals surface area contributed by atoms with Crippen LogP contribution in [0.4, 0.5) is 10.5 Å². The lowest BCUT2D eigenvalue weighted by atomic mass is 10.2. The van der Waals surface area contributed by atoms with Crippen LogP contribution in [0.2, 0.25) is 0 Å². The van der Waals surface area contributed by atoms with Crippen LogP contribution in [-0.4, -0.2) is 59.5 Å². The quantitative estimate of drug-likeness (QED) is 0.580. The maximum Gasteiger partial charge on any atom is 0.410 e. The number of rotatable bonds is 6. The van der Waals surface area contributed by atoms with E-state index >= 15 is 0 Å². The molecule has 0 atom stereocenters. The fourth-order valence-electron chi connectivity index (χ4n) is 2.05. The second kappa shape index (κ2) is 8.46. The topological polar surface area (TPSA) is 93.0 Å². The van der Waals surface area contributed by atoms with Gasteiger partial charge in [0.2, 0.25) is 0 Å². The van der Waals surface area contributed by atoms with Gasteiger partial charge in [0.25, 0.3) is 11.6 Å². The number of non-ortho nitro benzene ring substituents is 1. The molecule has 1 aromatic rings. The van der Waals surface area contributed by atoms with E-state index in [0.717, 1.165) is 0 Å². The maximum atomic E-state index is 12.3. The zero-order valence-corrected chi connectivity index (χ0v) is 15.3. The van der Waals surface area contributed by atoms with Crippen LogP contribution in [-0.2, 0) is 4.74 Å². The Morgan fingerprint density at radius 2 is 1.76 bits per heavy atom. The molecule has 0 saturated heterocycles. The molecule has 0 fully saturated rings. The molecule has 8 heteroatoms. The van der Waals surface area contributed by atoms with E-state index in [1.54, 1.807) is 40.9 Å². The summed E-state index contributed by atoms with van der Waals surface area (Å²) in [4.78, 5) is 37.3. The first-order valence-electron chi connectivity index (χ1n) is 7.95. The molecule has 0 aromatic heterocycles. The average molecular weight is 351 g/mol. The Hall–Kier alpha value is -2.64. The van der Waals surface area contributed by atoms with Crippen LogP contribution in [0.15, 0.2) is 24.3 Å². The maximum absolute atomic E-state index is 12.3. The van der Waals surface area contributed by atoms with E-state index in [1.165, 1.54) is 28.0 Å². The number of nitrogens with zero attached hydrogens (tertiary/aromatic N) is 3. The van der Waals surface area contributed by atoms with Gasteiger partial charge in [-0.25, -0.2) is 4.79 Å². The Morgan fingerprint density at radius 1 is 1.16 bits per heavy atom. The van der Waals surface area contributed by atoms with Crippen LogP contribution in [0.5, 0.6) is 0 Å². The Bertz CT molecular complexity index is 639. The van der Waals surface area contributed by atoms with Crippen molar-refractivity contribution in [2.75, 3.05) is 27.2 Å². The molecule has 0 aliphatic carbocycles. The van der Waals surface area contributed by atoms with Gasteiger partial charge in [0, 0.05) is 44.9 Å². The van der Waals surface area contributed by atoms with Crippen molar-refractivity contribution < 1.29 is 19.2 Å². The lowest BCUT2D eigenvalue weighted by molar-refractivity contribution is -0.384. The highest BCUT2D eigenvalue weighted by Gasteiger charge is 2.20. The second-order valence-electron chi connectivity index (χ2n) is 6.79. The number of hydrogen-bond acceptors (Lipinski definition) is 5. The van der Waals surface area contributed by atoms with Crippen LogP contribution in [0.1, 0.15) is 37.6 Å². The standard InChI is InChI=1S/C17H25N3O5/c1-17(2,3)25-16(22)19(5)11-7-10-18(4)15(21)13-8-6-9-14(12-13)20(23)24/h6,8-9,12H,7,10-11H2,1-5H3. The molecule has 0 N–H and O–H groups in total. The number of carbonyl (C=O) groups excluding carboxylic acids is 2. The van der Waals surface area contributed by atoms with E-state index in [1.807, 2.05) is 0 Å². The van der Waals surface area contributed by atoms with Gasteiger partial charge in [-0.1, -0.05) is 6.07 Å². The Morgan fingerprint density at radius 3 is 2.32 bits per heavy atom. The van der Waals surface area contributed by atoms with Crippen molar-refractivity contribution in [3.05, 3.63) is 39.9 Å². The molecule has 2 amide bonds. The lowest BCUT2D eigenvalue weighted by Gasteiger charge is -2.25. The molecule has 0 saturated carbocycles. The average Bonchev–Trinajstić information content (AvgIpc) is 2.52. The minimum absolute atomic E-state index is 0.121. The molecule has 0 bridgehead atoms. The molecule has 0 aliphatic rings. The van der Waals surface area contributed by atoms with E-state index in [2.05, 4.69) is 0 Å². The highest BCUT2D eigenvalue weighted by Crippen LogP contribution is 2.14. The van der Waals surface area contributed by atoms with Crippen molar-refractivity contribution in [2.45, 2.75) is 32.8 Å². The Kier molecular flexibility index (Phi) is 6.90. The number of hydrogen-bond donors (Lipinski definition) is 0. The number of carbonyl (C=O) groups is 2. The van der Waals surface area contributed by atoms with Gasteiger partial charge in [-0.15, -0.1) is 0 Å². The fraction of sp³-hybridized carbons (Fsp3) is 0.529. The van der Waals surface area contributed by atoms with Crippen molar-refractivity contribution in [3.8, 4) is 0 Å². The van der Waals surface area contributed by atoms with Crippen LogP contribution >= 0.6 is 0 Å². The zero-order chi connectivity index (χ0) is 19.2. The zero-order valence-electron chi connectivity index (χ0n) is 15.3. The molecule has 25 heavy (non-hydrogen) atoms. The highest BCUT2D eigenvalue weighted by molar-refractivity contribution is 5.94. The first kappa shape index (κ1) is 20.4. The Balaban J connectivity index is 2.52. The van der Waals surface area contributed by atoms with Crippen LogP contribution in [0.25, 0.3) is 0 Å². The van der Waals surface area contributed by atoms with Crippen LogP contribution in [0.3, 0.4) is 0 Å². The third-order valence-electron chi connectivity index (χ3n) is 3.34. The summed E-state index contributed by atoms with van der Waals surface area (Å²) in [7, 11) is 3.26. The van der Waals surface area contributed by atoms with Gasteiger partial charge in [-0.2, -0.15) is 0 Å². The monoisotopic (exact) mass is 351 g/mol. The molecule has 0 aliphatic heterocycles. The summed E-state index contributed by atoms with van der Waals surface area (Å²) in [6, 6.07) is 5.62. The number of nitro groups is 1. The van der Waals surface area contributed by atoms with E-state index in [4.69, 9.17) is 4.74 Å². The first-order valence-corrected chi connectivity index (χ1v) is 7.95. The van der Waals surface area contributed by atoms with E-state index in [0.29, 0.717) is 19.5 Å². The molecule has 0 radical (unpaired) electrons.